The van der Waals surface area contributed by atoms with E-state index in [2.05, 4.69) is 67.6 Å². The van der Waals surface area contributed by atoms with Crippen molar-refractivity contribution in [3.8, 4) is 0 Å². The first-order chi connectivity index (χ1) is 13.3. The molecule has 6 heteroatoms. The van der Waals surface area contributed by atoms with Gasteiger partial charge in [-0.1, -0.05) is 48.6 Å². The van der Waals surface area contributed by atoms with Crippen molar-refractivity contribution in [2.75, 3.05) is 46.3 Å². The zero-order valence-electron chi connectivity index (χ0n) is 16.5. The highest BCUT2D eigenvalue weighted by Gasteiger charge is 2.18. The number of guanidine groups is 1. The molecule has 1 aliphatic heterocycles. The Morgan fingerprint density at radius 2 is 1.89 bits per heavy atom. The maximum Gasteiger partial charge on any atom is 0.193 e. The number of nitrogens with one attached hydrogen (secondary N) is 1. The van der Waals surface area contributed by atoms with E-state index in [1.807, 2.05) is 31.6 Å². The molecule has 0 spiro atoms. The Morgan fingerprint density at radius 3 is 2.57 bits per heavy atom. The molecule has 0 aliphatic carbocycles. The Hall–Kier alpha value is -1.93. The minimum Gasteiger partial charge on any atom is -0.356 e. The van der Waals surface area contributed by atoms with Crippen molar-refractivity contribution in [3.63, 3.8) is 0 Å². The first-order valence-electron chi connectivity index (χ1n) is 9.63. The monoisotopic (exact) mass is 491 g/mol. The summed E-state index contributed by atoms with van der Waals surface area (Å²) >= 11 is 0. The lowest BCUT2D eigenvalue weighted by molar-refractivity contribution is 0.194. The van der Waals surface area contributed by atoms with Gasteiger partial charge >= 0.3 is 0 Å². The number of hydrogen-bond donors (Lipinski definition) is 1. The molecule has 1 aromatic heterocycles. The van der Waals surface area contributed by atoms with E-state index in [0.717, 1.165) is 51.6 Å². The maximum absolute atomic E-state index is 4.45. The van der Waals surface area contributed by atoms with Gasteiger partial charge in [0.1, 0.15) is 0 Å². The average Bonchev–Trinajstić information content (AvgIpc) is 2.73. The summed E-state index contributed by atoms with van der Waals surface area (Å²) in [5.41, 5.74) is 2.50. The van der Waals surface area contributed by atoms with E-state index in [4.69, 9.17) is 0 Å². The normalized spacial score (nSPS) is 15.5. The van der Waals surface area contributed by atoms with Gasteiger partial charge in [0, 0.05) is 58.7 Å². The van der Waals surface area contributed by atoms with Gasteiger partial charge in [0.2, 0.25) is 0 Å². The third-order valence-electron chi connectivity index (χ3n) is 4.78. The summed E-state index contributed by atoms with van der Waals surface area (Å²) < 4.78 is 0. The lowest BCUT2D eigenvalue weighted by Gasteiger charge is -2.36. The molecule has 1 saturated heterocycles. The van der Waals surface area contributed by atoms with Crippen molar-refractivity contribution >= 4 is 36.0 Å². The molecule has 0 atom stereocenters. The number of hydrogen-bond acceptors (Lipinski definition) is 3. The van der Waals surface area contributed by atoms with Gasteiger partial charge in [-0.15, -0.1) is 24.0 Å². The third kappa shape index (κ3) is 7.24. The molecule has 2 aromatic rings. The Kier molecular flexibility index (Phi) is 9.99. The van der Waals surface area contributed by atoms with Crippen molar-refractivity contribution < 1.29 is 0 Å². The van der Waals surface area contributed by atoms with Crippen molar-refractivity contribution in [1.82, 2.24) is 20.1 Å². The van der Waals surface area contributed by atoms with E-state index >= 15 is 0 Å². The molecule has 150 valence electrons. The molecule has 1 aliphatic rings. The van der Waals surface area contributed by atoms with Gasteiger partial charge < -0.3 is 10.2 Å². The van der Waals surface area contributed by atoms with E-state index in [1.54, 1.807) is 0 Å². The maximum atomic E-state index is 4.45. The SMILES string of the molecule is CN=C(NCCc1cccnc1)N1CCN(CC=Cc2ccccc2)CC1.I. The quantitative estimate of drug-likeness (QED) is 0.383. The molecule has 28 heavy (non-hydrogen) atoms. The zero-order chi connectivity index (χ0) is 18.7. The van der Waals surface area contributed by atoms with Crippen LogP contribution in [0.15, 0.2) is 65.9 Å². The minimum absolute atomic E-state index is 0. The van der Waals surface area contributed by atoms with Crippen LogP contribution in [0.1, 0.15) is 11.1 Å². The van der Waals surface area contributed by atoms with Gasteiger partial charge in [0.15, 0.2) is 5.96 Å². The molecule has 5 nitrogen and oxygen atoms in total. The molecule has 0 unspecified atom stereocenters. The minimum atomic E-state index is 0. The zero-order valence-corrected chi connectivity index (χ0v) is 18.8. The van der Waals surface area contributed by atoms with Crippen LogP contribution in [0, 0.1) is 0 Å². The third-order valence-corrected chi connectivity index (χ3v) is 4.78. The van der Waals surface area contributed by atoms with Crippen molar-refractivity contribution in [3.05, 3.63) is 72.1 Å². The summed E-state index contributed by atoms with van der Waals surface area (Å²) in [6.07, 6.45) is 9.14. The molecule has 1 N–H and O–H groups in total. The lowest BCUT2D eigenvalue weighted by Crippen LogP contribution is -2.52. The molecule has 0 amide bonds. The van der Waals surface area contributed by atoms with Crippen molar-refractivity contribution in [2.45, 2.75) is 6.42 Å². The molecule has 0 bridgehead atoms. The molecule has 1 fully saturated rings. The van der Waals surface area contributed by atoms with E-state index < -0.39 is 0 Å². The van der Waals surface area contributed by atoms with Crippen LogP contribution in [0.3, 0.4) is 0 Å². The van der Waals surface area contributed by atoms with E-state index in [-0.39, 0.29) is 24.0 Å². The Balaban J connectivity index is 0.00000280. The van der Waals surface area contributed by atoms with Gasteiger partial charge in [-0.3, -0.25) is 14.9 Å². The summed E-state index contributed by atoms with van der Waals surface area (Å²) in [6.45, 7) is 6.00. The topological polar surface area (TPSA) is 43.8 Å². The molecule has 1 aromatic carbocycles. The second-order valence-electron chi connectivity index (χ2n) is 6.69. The van der Waals surface area contributed by atoms with Crippen LogP contribution in [-0.4, -0.2) is 67.1 Å². The second kappa shape index (κ2) is 12.5. The highest BCUT2D eigenvalue weighted by Crippen LogP contribution is 2.05. The Bertz CT molecular complexity index is 725. The Labute approximate surface area is 185 Å². The molecule has 3 rings (SSSR count). The van der Waals surface area contributed by atoms with Gasteiger partial charge in [-0.2, -0.15) is 0 Å². The highest BCUT2D eigenvalue weighted by molar-refractivity contribution is 14.0. The standard InChI is InChI=1S/C22H29N5.HI/c1-23-22(25-13-11-21-9-5-12-24-19-21)27-17-15-26(16-18-27)14-6-10-20-7-3-2-4-8-20;/h2-10,12,19H,11,13-18H2,1H3,(H,23,25);1H. The predicted octanol–water partition coefficient (Wildman–Crippen LogP) is 3.15. The number of pyridine rings is 1. The van der Waals surface area contributed by atoms with Gasteiger partial charge in [0.25, 0.3) is 0 Å². The molecule has 0 saturated carbocycles. The summed E-state index contributed by atoms with van der Waals surface area (Å²) in [5, 5.41) is 3.48. The number of halogens is 1. The number of aromatic nitrogens is 1. The number of aliphatic imine (C=N–C) groups is 1. The van der Waals surface area contributed by atoms with Crippen LogP contribution < -0.4 is 5.32 Å². The van der Waals surface area contributed by atoms with Gasteiger partial charge in [0.05, 0.1) is 0 Å². The second-order valence-corrected chi connectivity index (χ2v) is 6.69. The van der Waals surface area contributed by atoms with E-state index in [9.17, 15) is 0 Å². The van der Waals surface area contributed by atoms with E-state index in [0.29, 0.717) is 0 Å². The first kappa shape index (κ1) is 22.4. The fraction of sp³-hybridized carbons (Fsp3) is 0.364. The summed E-state index contributed by atoms with van der Waals surface area (Å²) in [7, 11) is 1.86. The van der Waals surface area contributed by atoms with Crippen LogP contribution in [0.5, 0.6) is 0 Å². The number of nitrogens with zero attached hydrogens (tertiary/aromatic N) is 4. The predicted molar refractivity (Wildman–Crippen MR) is 128 cm³/mol. The van der Waals surface area contributed by atoms with E-state index in [1.165, 1.54) is 11.1 Å². The van der Waals surface area contributed by atoms with Crippen molar-refractivity contribution in [1.29, 1.82) is 0 Å². The Morgan fingerprint density at radius 1 is 1.11 bits per heavy atom. The number of benzene rings is 1. The van der Waals surface area contributed by atoms with Crippen LogP contribution >= 0.6 is 24.0 Å². The molecular weight excluding hydrogens is 461 g/mol. The highest BCUT2D eigenvalue weighted by atomic mass is 127. The lowest BCUT2D eigenvalue weighted by atomic mass is 10.2. The van der Waals surface area contributed by atoms with Crippen LogP contribution in [-0.2, 0) is 6.42 Å². The van der Waals surface area contributed by atoms with Crippen LogP contribution in [0.4, 0.5) is 0 Å². The average molecular weight is 491 g/mol. The largest absolute Gasteiger partial charge is 0.356 e. The molecular formula is C22H30IN5. The number of piperazine rings is 1. The summed E-state index contributed by atoms with van der Waals surface area (Å²) in [5.74, 6) is 0.998. The van der Waals surface area contributed by atoms with Crippen molar-refractivity contribution in [2.24, 2.45) is 4.99 Å². The molecule has 2 heterocycles. The summed E-state index contributed by atoms with van der Waals surface area (Å²) in [4.78, 5) is 13.5. The number of rotatable bonds is 6. The van der Waals surface area contributed by atoms with Gasteiger partial charge in [-0.05, 0) is 23.6 Å². The first-order valence-corrected chi connectivity index (χ1v) is 9.63. The van der Waals surface area contributed by atoms with Crippen LogP contribution in [0.25, 0.3) is 6.08 Å². The smallest absolute Gasteiger partial charge is 0.193 e. The van der Waals surface area contributed by atoms with Crippen LogP contribution in [0.2, 0.25) is 0 Å². The summed E-state index contributed by atoms with van der Waals surface area (Å²) in [6, 6.07) is 14.6. The molecule has 0 radical (unpaired) electrons. The van der Waals surface area contributed by atoms with Gasteiger partial charge in [-0.25, -0.2) is 0 Å². The fourth-order valence-electron chi connectivity index (χ4n) is 3.24. The fourth-order valence-corrected chi connectivity index (χ4v) is 3.24.